The van der Waals surface area contributed by atoms with Gasteiger partial charge in [0.2, 0.25) is 0 Å². The van der Waals surface area contributed by atoms with E-state index in [1.807, 2.05) is 6.92 Å². The van der Waals surface area contributed by atoms with Crippen LogP contribution in [0.15, 0.2) is 12.1 Å². The van der Waals surface area contributed by atoms with Crippen LogP contribution in [0.1, 0.15) is 37.0 Å². The molecule has 2 N–H and O–H groups in total. The molecule has 0 bridgehead atoms. The number of piperidine rings is 1. The van der Waals surface area contributed by atoms with Crippen LogP contribution in [0.2, 0.25) is 0 Å². The summed E-state index contributed by atoms with van der Waals surface area (Å²) in [6.07, 6.45) is 1.79. The number of nitro groups is 1. The van der Waals surface area contributed by atoms with Crippen molar-refractivity contribution in [3.63, 3.8) is 0 Å². The van der Waals surface area contributed by atoms with E-state index in [1.54, 1.807) is 11.8 Å². The van der Waals surface area contributed by atoms with Crippen LogP contribution < -0.4 is 15.2 Å². The number of nitrogens with two attached hydrogens (primary N) is 1. The van der Waals surface area contributed by atoms with Crippen LogP contribution in [0.3, 0.4) is 0 Å². The number of carbonyl (C=O) groups is 1. The lowest BCUT2D eigenvalue weighted by atomic mass is 9.91. The van der Waals surface area contributed by atoms with Crippen molar-refractivity contribution in [2.24, 2.45) is 11.7 Å². The highest BCUT2D eigenvalue weighted by Crippen LogP contribution is 2.36. The predicted octanol–water partition coefficient (Wildman–Crippen LogP) is 2.20. The summed E-state index contributed by atoms with van der Waals surface area (Å²) in [4.78, 5) is 25.4. The SMILES string of the molecule is CCOc1cc([N+](=O)[O-])c(C(=O)N2CCCC(C(C)N)C2)cc1OC. The molecule has 1 saturated heterocycles. The van der Waals surface area contributed by atoms with E-state index in [0.717, 1.165) is 12.8 Å². The molecule has 1 amide bonds. The summed E-state index contributed by atoms with van der Waals surface area (Å²) in [7, 11) is 1.44. The normalized spacial score (nSPS) is 18.6. The number of hydrogen-bond donors (Lipinski definition) is 1. The molecule has 1 aromatic carbocycles. The lowest BCUT2D eigenvalue weighted by Crippen LogP contribution is -2.45. The van der Waals surface area contributed by atoms with E-state index in [0.29, 0.717) is 25.4 Å². The van der Waals surface area contributed by atoms with Gasteiger partial charge in [-0.05, 0) is 32.6 Å². The molecule has 2 unspecified atom stereocenters. The molecule has 1 heterocycles. The van der Waals surface area contributed by atoms with Crippen LogP contribution in [0.5, 0.6) is 11.5 Å². The van der Waals surface area contributed by atoms with Crippen LogP contribution in [0.4, 0.5) is 5.69 Å². The fourth-order valence-corrected chi connectivity index (χ4v) is 3.09. The van der Waals surface area contributed by atoms with Crippen LogP contribution >= 0.6 is 0 Å². The Morgan fingerprint density at radius 3 is 2.76 bits per heavy atom. The van der Waals surface area contributed by atoms with Gasteiger partial charge >= 0.3 is 0 Å². The van der Waals surface area contributed by atoms with Gasteiger partial charge in [-0.25, -0.2) is 0 Å². The van der Waals surface area contributed by atoms with Crippen molar-refractivity contribution >= 4 is 11.6 Å². The highest BCUT2D eigenvalue weighted by Gasteiger charge is 2.31. The first-order chi connectivity index (χ1) is 11.9. The predicted molar refractivity (Wildman–Crippen MR) is 93.1 cm³/mol. The highest BCUT2D eigenvalue weighted by molar-refractivity contribution is 5.99. The molecule has 138 valence electrons. The molecule has 0 radical (unpaired) electrons. The summed E-state index contributed by atoms with van der Waals surface area (Å²) in [5.74, 6) is 0.372. The molecule has 25 heavy (non-hydrogen) atoms. The topological polar surface area (TPSA) is 108 Å². The summed E-state index contributed by atoms with van der Waals surface area (Å²) < 4.78 is 10.6. The molecule has 8 nitrogen and oxygen atoms in total. The Morgan fingerprint density at radius 2 is 2.20 bits per heavy atom. The summed E-state index contributed by atoms with van der Waals surface area (Å²) in [6, 6.07) is 2.62. The van der Waals surface area contributed by atoms with Gasteiger partial charge in [0.15, 0.2) is 11.5 Å². The highest BCUT2D eigenvalue weighted by atomic mass is 16.6. The number of rotatable bonds is 6. The smallest absolute Gasteiger partial charge is 0.286 e. The van der Waals surface area contributed by atoms with E-state index in [-0.39, 0.29) is 34.9 Å². The van der Waals surface area contributed by atoms with Crippen molar-refractivity contribution in [3.8, 4) is 11.5 Å². The van der Waals surface area contributed by atoms with Crippen LogP contribution in [-0.4, -0.2) is 48.6 Å². The third-order valence-electron chi connectivity index (χ3n) is 4.50. The maximum Gasteiger partial charge on any atom is 0.286 e. The molecular weight excluding hydrogens is 326 g/mol. The molecule has 1 aliphatic rings. The largest absolute Gasteiger partial charge is 0.493 e. The Kier molecular flexibility index (Phi) is 6.19. The van der Waals surface area contributed by atoms with Gasteiger partial charge in [-0.3, -0.25) is 14.9 Å². The zero-order valence-corrected chi connectivity index (χ0v) is 14.9. The van der Waals surface area contributed by atoms with Gasteiger partial charge in [0.25, 0.3) is 11.6 Å². The fraction of sp³-hybridized carbons (Fsp3) is 0.588. The van der Waals surface area contributed by atoms with Crippen LogP contribution in [0.25, 0.3) is 0 Å². The molecule has 1 aliphatic heterocycles. The second-order valence-corrected chi connectivity index (χ2v) is 6.22. The number of nitro benzene ring substituents is 1. The van der Waals surface area contributed by atoms with Crippen LogP contribution in [0, 0.1) is 16.0 Å². The molecule has 1 aromatic rings. The molecular formula is C17H25N3O5. The zero-order valence-electron chi connectivity index (χ0n) is 14.9. The molecule has 8 heteroatoms. The zero-order chi connectivity index (χ0) is 18.6. The first-order valence-electron chi connectivity index (χ1n) is 8.43. The average molecular weight is 351 g/mol. The molecule has 1 fully saturated rings. The molecule has 0 saturated carbocycles. The fourth-order valence-electron chi connectivity index (χ4n) is 3.09. The number of nitrogens with zero attached hydrogens (tertiary/aromatic N) is 2. The molecule has 2 rings (SSSR count). The summed E-state index contributed by atoms with van der Waals surface area (Å²) in [6.45, 7) is 5.09. The number of likely N-dealkylation sites (tertiary alicyclic amines) is 1. The summed E-state index contributed by atoms with van der Waals surface area (Å²) >= 11 is 0. The third-order valence-corrected chi connectivity index (χ3v) is 4.50. The van der Waals surface area contributed by atoms with E-state index < -0.39 is 4.92 Å². The van der Waals surface area contributed by atoms with Gasteiger partial charge in [0, 0.05) is 25.2 Å². The van der Waals surface area contributed by atoms with E-state index in [9.17, 15) is 14.9 Å². The average Bonchev–Trinajstić information content (AvgIpc) is 2.61. The Bertz CT molecular complexity index is 647. The maximum atomic E-state index is 12.9. The quantitative estimate of drug-likeness (QED) is 0.622. The third kappa shape index (κ3) is 4.19. The van der Waals surface area contributed by atoms with Gasteiger partial charge in [-0.15, -0.1) is 0 Å². The van der Waals surface area contributed by atoms with Crippen molar-refractivity contribution in [1.82, 2.24) is 4.90 Å². The van der Waals surface area contributed by atoms with Gasteiger partial charge in [-0.1, -0.05) is 0 Å². The first kappa shape index (κ1) is 19.0. The summed E-state index contributed by atoms with van der Waals surface area (Å²) in [5, 5.41) is 11.5. The minimum absolute atomic E-state index is 0.00984. The van der Waals surface area contributed by atoms with Crippen LogP contribution in [-0.2, 0) is 0 Å². The van der Waals surface area contributed by atoms with E-state index >= 15 is 0 Å². The standard InChI is InChI=1S/C17H25N3O5/c1-4-25-16-9-14(20(22)23)13(8-15(16)24-3)17(21)19-7-5-6-12(10-19)11(2)18/h8-9,11-12H,4-7,10,18H2,1-3H3. The van der Waals surface area contributed by atoms with Gasteiger partial charge in [0.1, 0.15) is 5.56 Å². The molecule has 2 atom stereocenters. The lowest BCUT2D eigenvalue weighted by molar-refractivity contribution is -0.385. The van der Waals surface area contributed by atoms with Gasteiger partial charge < -0.3 is 20.1 Å². The van der Waals surface area contributed by atoms with Crippen molar-refractivity contribution in [2.75, 3.05) is 26.8 Å². The second kappa shape index (κ2) is 8.15. The van der Waals surface area contributed by atoms with Crippen molar-refractivity contribution in [3.05, 3.63) is 27.8 Å². The van der Waals surface area contributed by atoms with Gasteiger partial charge in [-0.2, -0.15) is 0 Å². The number of ether oxygens (including phenoxy) is 2. The number of hydrogen-bond acceptors (Lipinski definition) is 6. The minimum atomic E-state index is -0.567. The van der Waals surface area contributed by atoms with Crippen molar-refractivity contribution in [1.29, 1.82) is 0 Å². The van der Waals surface area contributed by atoms with Crippen molar-refractivity contribution < 1.29 is 19.2 Å². The maximum absolute atomic E-state index is 12.9. The number of methoxy groups -OCH3 is 1. The molecule has 0 aliphatic carbocycles. The minimum Gasteiger partial charge on any atom is -0.493 e. The lowest BCUT2D eigenvalue weighted by Gasteiger charge is -2.34. The molecule has 0 aromatic heterocycles. The van der Waals surface area contributed by atoms with E-state index in [4.69, 9.17) is 15.2 Å². The van der Waals surface area contributed by atoms with Crippen molar-refractivity contribution in [2.45, 2.75) is 32.7 Å². The molecule has 0 spiro atoms. The Morgan fingerprint density at radius 1 is 1.48 bits per heavy atom. The Labute approximate surface area is 147 Å². The van der Waals surface area contributed by atoms with E-state index in [1.165, 1.54) is 19.2 Å². The summed E-state index contributed by atoms with van der Waals surface area (Å²) in [5.41, 5.74) is 5.69. The number of carbonyl (C=O) groups excluding carboxylic acids is 1. The number of amides is 1. The Hall–Kier alpha value is -2.35. The number of benzene rings is 1. The van der Waals surface area contributed by atoms with E-state index in [2.05, 4.69) is 0 Å². The first-order valence-corrected chi connectivity index (χ1v) is 8.43. The Balaban J connectivity index is 2.39. The second-order valence-electron chi connectivity index (χ2n) is 6.22. The monoisotopic (exact) mass is 351 g/mol. The van der Waals surface area contributed by atoms with Gasteiger partial charge in [0.05, 0.1) is 24.7 Å².